The van der Waals surface area contributed by atoms with Crippen molar-refractivity contribution in [1.29, 1.82) is 0 Å². The first-order chi connectivity index (χ1) is 5.81. The number of amides is 1. The second kappa shape index (κ2) is 2.98. The average molecular weight is 181 g/mol. The van der Waals surface area contributed by atoms with Crippen LogP contribution in [0.1, 0.15) is 13.3 Å². The van der Waals surface area contributed by atoms with Crippen LogP contribution in [0.3, 0.4) is 0 Å². The Bertz CT molecular complexity index is 270. The first-order valence-electron chi connectivity index (χ1n) is 4.07. The predicted molar refractivity (Wildman–Crippen MR) is 50.6 cm³/mol. The molecule has 0 aromatic heterocycles. The molecule has 0 unspecified atom stereocenters. The van der Waals surface area contributed by atoms with Crippen LogP contribution in [-0.4, -0.2) is 21.9 Å². The van der Waals surface area contributed by atoms with Crippen molar-refractivity contribution < 1.29 is 4.79 Å². The SMILES string of the molecule is C/C=C/C1=CN2C(=O)C[C@@H]2SC1. The number of hydrogen-bond acceptors (Lipinski definition) is 2. The zero-order valence-corrected chi connectivity index (χ0v) is 7.80. The number of thioether (sulfide) groups is 1. The number of nitrogens with zero attached hydrogens (tertiary/aromatic N) is 1. The van der Waals surface area contributed by atoms with Gasteiger partial charge < -0.3 is 4.90 Å². The highest BCUT2D eigenvalue weighted by molar-refractivity contribution is 8.00. The second-order valence-corrected chi connectivity index (χ2v) is 4.14. The molecule has 0 aromatic carbocycles. The number of carbonyl (C=O) groups is 1. The van der Waals surface area contributed by atoms with E-state index >= 15 is 0 Å². The summed E-state index contributed by atoms with van der Waals surface area (Å²) >= 11 is 1.85. The lowest BCUT2D eigenvalue weighted by Gasteiger charge is -2.40. The Labute approximate surface area is 76.3 Å². The number of rotatable bonds is 1. The molecule has 64 valence electrons. The normalized spacial score (nSPS) is 28.4. The van der Waals surface area contributed by atoms with E-state index in [1.807, 2.05) is 35.9 Å². The number of hydrogen-bond donors (Lipinski definition) is 0. The number of allylic oxidation sites excluding steroid dienone is 2. The fourth-order valence-corrected chi connectivity index (χ4v) is 2.56. The van der Waals surface area contributed by atoms with E-state index in [1.165, 1.54) is 5.57 Å². The van der Waals surface area contributed by atoms with Gasteiger partial charge in [0.15, 0.2) is 0 Å². The summed E-state index contributed by atoms with van der Waals surface area (Å²) in [5.41, 5.74) is 1.24. The van der Waals surface area contributed by atoms with Crippen molar-refractivity contribution in [2.45, 2.75) is 18.7 Å². The molecule has 1 saturated heterocycles. The largest absolute Gasteiger partial charge is 0.306 e. The molecule has 0 saturated carbocycles. The summed E-state index contributed by atoms with van der Waals surface area (Å²) in [4.78, 5) is 12.9. The Kier molecular flexibility index (Phi) is 1.97. The Balaban J connectivity index is 2.13. The van der Waals surface area contributed by atoms with Gasteiger partial charge in [-0.1, -0.05) is 12.2 Å². The minimum absolute atomic E-state index is 0.259. The lowest BCUT2D eigenvalue weighted by atomic mass is 10.2. The van der Waals surface area contributed by atoms with Crippen molar-refractivity contribution in [3.63, 3.8) is 0 Å². The van der Waals surface area contributed by atoms with Crippen LogP contribution in [0.5, 0.6) is 0 Å². The van der Waals surface area contributed by atoms with Crippen LogP contribution in [-0.2, 0) is 4.79 Å². The van der Waals surface area contributed by atoms with Gasteiger partial charge in [0.05, 0.1) is 11.8 Å². The lowest BCUT2D eigenvalue weighted by Crippen LogP contribution is -2.48. The van der Waals surface area contributed by atoms with Gasteiger partial charge in [-0.05, 0) is 12.5 Å². The quantitative estimate of drug-likeness (QED) is 0.574. The maximum absolute atomic E-state index is 11.1. The number of fused-ring (bicyclic) bond motifs is 1. The fourth-order valence-electron chi connectivity index (χ4n) is 1.41. The first-order valence-corrected chi connectivity index (χ1v) is 5.12. The van der Waals surface area contributed by atoms with Crippen molar-refractivity contribution in [3.05, 3.63) is 23.9 Å². The molecule has 0 radical (unpaired) electrons. The summed E-state index contributed by atoms with van der Waals surface area (Å²) in [6, 6.07) is 0. The minimum atomic E-state index is 0.259. The zero-order chi connectivity index (χ0) is 8.55. The topological polar surface area (TPSA) is 20.3 Å². The molecule has 2 rings (SSSR count). The standard InChI is InChI=1S/C9H11NOS/c1-2-3-7-5-10-8(11)4-9(10)12-6-7/h2-3,5,9H,4,6H2,1H3/b3-2+/t9-/m0/s1. The summed E-state index contributed by atoms with van der Waals surface area (Å²) in [7, 11) is 0. The van der Waals surface area contributed by atoms with Gasteiger partial charge >= 0.3 is 0 Å². The van der Waals surface area contributed by atoms with Crippen LogP contribution in [0.4, 0.5) is 0 Å². The van der Waals surface area contributed by atoms with Gasteiger partial charge in [0.1, 0.15) is 0 Å². The Hall–Kier alpha value is -0.700. The van der Waals surface area contributed by atoms with Crippen LogP contribution >= 0.6 is 11.8 Å². The summed E-state index contributed by atoms with van der Waals surface area (Å²) in [6.07, 6.45) is 6.78. The minimum Gasteiger partial charge on any atom is -0.306 e. The molecule has 12 heavy (non-hydrogen) atoms. The highest BCUT2D eigenvalue weighted by Gasteiger charge is 2.37. The van der Waals surface area contributed by atoms with E-state index in [9.17, 15) is 4.79 Å². The third kappa shape index (κ3) is 1.18. The molecule has 3 heteroatoms. The molecule has 2 heterocycles. The molecule has 0 bridgehead atoms. The summed E-state index contributed by atoms with van der Waals surface area (Å²) < 4.78 is 0. The van der Waals surface area contributed by atoms with Crippen molar-refractivity contribution in [2.75, 3.05) is 5.75 Å². The Morgan fingerprint density at radius 2 is 2.58 bits per heavy atom. The van der Waals surface area contributed by atoms with E-state index in [1.54, 1.807) is 0 Å². The summed E-state index contributed by atoms with van der Waals surface area (Å²) in [5.74, 6) is 1.30. The first kappa shape index (κ1) is 7.92. The molecule has 2 aliphatic rings. The third-order valence-electron chi connectivity index (χ3n) is 2.08. The van der Waals surface area contributed by atoms with Crippen LogP contribution < -0.4 is 0 Å². The van der Waals surface area contributed by atoms with Crippen molar-refractivity contribution >= 4 is 17.7 Å². The molecule has 0 aliphatic carbocycles. The molecule has 1 amide bonds. The smallest absolute Gasteiger partial charge is 0.230 e. The van der Waals surface area contributed by atoms with Crippen LogP contribution in [0.15, 0.2) is 23.9 Å². The zero-order valence-electron chi connectivity index (χ0n) is 6.99. The Morgan fingerprint density at radius 3 is 3.25 bits per heavy atom. The molecule has 0 aromatic rings. The van der Waals surface area contributed by atoms with Gasteiger partial charge in [0.2, 0.25) is 5.91 Å². The van der Waals surface area contributed by atoms with E-state index < -0.39 is 0 Å². The van der Waals surface area contributed by atoms with Gasteiger partial charge in [-0.2, -0.15) is 0 Å². The molecule has 0 N–H and O–H groups in total. The van der Waals surface area contributed by atoms with Crippen molar-refractivity contribution in [3.8, 4) is 0 Å². The molecular weight excluding hydrogens is 170 g/mol. The lowest BCUT2D eigenvalue weighted by molar-refractivity contribution is -0.137. The highest BCUT2D eigenvalue weighted by Crippen LogP contribution is 2.35. The third-order valence-corrected chi connectivity index (χ3v) is 3.35. The molecule has 1 atom stereocenters. The molecular formula is C9H11NOS. The maximum atomic E-state index is 11.1. The van der Waals surface area contributed by atoms with Gasteiger partial charge in [-0.25, -0.2) is 0 Å². The second-order valence-electron chi connectivity index (χ2n) is 2.97. The van der Waals surface area contributed by atoms with Gasteiger partial charge in [-0.3, -0.25) is 4.79 Å². The monoisotopic (exact) mass is 181 g/mol. The van der Waals surface area contributed by atoms with E-state index in [0.29, 0.717) is 5.37 Å². The van der Waals surface area contributed by atoms with E-state index in [2.05, 4.69) is 6.08 Å². The molecule has 1 fully saturated rings. The fraction of sp³-hybridized carbons (Fsp3) is 0.444. The van der Waals surface area contributed by atoms with E-state index in [0.717, 1.165) is 12.2 Å². The predicted octanol–water partition coefficient (Wildman–Crippen LogP) is 1.75. The average Bonchev–Trinajstić information content (AvgIpc) is 2.07. The molecule has 2 nitrogen and oxygen atoms in total. The summed E-state index contributed by atoms with van der Waals surface area (Å²) in [5, 5.41) is 0.437. The highest BCUT2D eigenvalue weighted by atomic mass is 32.2. The van der Waals surface area contributed by atoms with Gasteiger partial charge in [0, 0.05) is 12.0 Å². The molecule has 2 aliphatic heterocycles. The maximum Gasteiger partial charge on any atom is 0.230 e. The van der Waals surface area contributed by atoms with Crippen LogP contribution in [0.25, 0.3) is 0 Å². The molecule has 0 spiro atoms. The number of carbonyl (C=O) groups excluding carboxylic acids is 1. The van der Waals surface area contributed by atoms with Gasteiger partial charge in [-0.15, -0.1) is 11.8 Å². The van der Waals surface area contributed by atoms with Crippen LogP contribution in [0.2, 0.25) is 0 Å². The van der Waals surface area contributed by atoms with Crippen molar-refractivity contribution in [1.82, 2.24) is 4.90 Å². The van der Waals surface area contributed by atoms with Crippen molar-refractivity contribution in [2.24, 2.45) is 0 Å². The van der Waals surface area contributed by atoms with Gasteiger partial charge in [0.25, 0.3) is 0 Å². The summed E-state index contributed by atoms with van der Waals surface area (Å²) in [6.45, 7) is 2.00. The van der Waals surface area contributed by atoms with E-state index in [4.69, 9.17) is 0 Å². The van der Waals surface area contributed by atoms with E-state index in [-0.39, 0.29) is 5.91 Å². The number of β-lactam (4-membered cyclic amide) rings is 1. The van der Waals surface area contributed by atoms with Crippen LogP contribution in [0, 0.1) is 0 Å². The Morgan fingerprint density at radius 1 is 1.75 bits per heavy atom.